The molecular weight excluding hydrogens is 238 g/mol. The van der Waals surface area contributed by atoms with Crippen LogP contribution in [0.1, 0.15) is 12.2 Å². The van der Waals surface area contributed by atoms with Crippen molar-refractivity contribution < 1.29 is 4.79 Å². The molecule has 0 radical (unpaired) electrons. The minimum Gasteiger partial charge on any atom is -0.344 e. The highest BCUT2D eigenvalue weighted by molar-refractivity contribution is 7.99. The van der Waals surface area contributed by atoms with E-state index >= 15 is 0 Å². The van der Waals surface area contributed by atoms with Crippen LogP contribution in [-0.4, -0.2) is 44.9 Å². The monoisotopic (exact) mass is 253 g/mol. The molecule has 0 saturated carbocycles. The Labute approximate surface area is 105 Å². The molecular formula is C10H15N5OS. The highest BCUT2D eigenvalue weighted by atomic mass is 32.2. The molecule has 1 heterocycles. The molecule has 1 aromatic heterocycles. The first-order chi connectivity index (χ1) is 8.06. The van der Waals surface area contributed by atoms with Crippen molar-refractivity contribution in [3.63, 3.8) is 0 Å². The maximum Gasteiger partial charge on any atom is 0.232 e. The summed E-state index contributed by atoms with van der Waals surface area (Å²) in [6, 6.07) is 2.01. The van der Waals surface area contributed by atoms with Crippen LogP contribution in [0.2, 0.25) is 0 Å². The fourth-order valence-corrected chi connectivity index (χ4v) is 1.99. The number of carbonyl (C=O) groups excluding carboxylic acids is 1. The number of carbonyl (C=O) groups is 1. The van der Waals surface area contributed by atoms with Crippen LogP contribution in [-0.2, 0) is 11.8 Å². The third kappa shape index (κ3) is 3.75. The van der Waals surface area contributed by atoms with Gasteiger partial charge in [-0.25, -0.2) is 0 Å². The van der Waals surface area contributed by atoms with Crippen molar-refractivity contribution in [1.82, 2.24) is 19.7 Å². The van der Waals surface area contributed by atoms with Crippen LogP contribution in [0.4, 0.5) is 0 Å². The maximum absolute atomic E-state index is 11.7. The fourth-order valence-electron chi connectivity index (χ4n) is 1.09. The average Bonchev–Trinajstić information content (AvgIpc) is 2.64. The van der Waals surface area contributed by atoms with E-state index in [1.807, 2.05) is 24.6 Å². The van der Waals surface area contributed by atoms with E-state index in [4.69, 9.17) is 5.26 Å². The van der Waals surface area contributed by atoms with Gasteiger partial charge in [-0.05, 0) is 6.92 Å². The van der Waals surface area contributed by atoms with Gasteiger partial charge in [0.25, 0.3) is 0 Å². The van der Waals surface area contributed by atoms with Crippen LogP contribution in [0.5, 0.6) is 0 Å². The summed E-state index contributed by atoms with van der Waals surface area (Å²) < 4.78 is 1.84. The van der Waals surface area contributed by atoms with E-state index in [9.17, 15) is 4.79 Å². The van der Waals surface area contributed by atoms with E-state index in [1.54, 1.807) is 11.9 Å². The van der Waals surface area contributed by atoms with Crippen LogP contribution in [0, 0.1) is 18.3 Å². The molecule has 0 aliphatic rings. The molecule has 0 unspecified atom stereocenters. The molecule has 0 bridgehead atoms. The third-order valence-corrected chi connectivity index (χ3v) is 3.37. The fraction of sp³-hybridized carbons (Fsp3) is 0.600. The third-order valence-electron chi connectivity index (χ3n) is 2.36. The summed E-state index contributed by atoms with van der Waals surface area (Å²) in [5, 5.41) is 17.0. The Kier molecular flexibility index (Phi) is 4.97. The number of amides is 1. The molecule has 6 nitrogen and oxygen atoms in total. The summed E-state index contributed by atoms with van der Waals surface area (Å²) in [5.74, 6) is 1.12. The van der Waals surface area contributed by atoms with Gasteiger partial charge in [0, 0.05) is 20.6 Å². The number of hydrogen-bond acceptors (Lipinski definition) is 5. The molecule has 0 spiro atoms. The Hall–Kier alpha value is -1.55. The van der Waals surface area contributed by atoms with Crippen LogP contribution < -0.4 is 0 Å². The first kappa shape index (κ1) is 13.5. The Morgan fingerprint density at radius 1 is 1.59 bits per heavy atom. The van der Waals surface area contributed by atoms with Crippen LogP contribution >= 0.6 is 11.8 Å². The summed E-state index contributed by atoms with van der Waals surface area (Å²) in [7, 11) is 3.56. The van der Waals surface area contributed by atoms with E-state index in [2.05, 4.69) is 10.2 Å². The molecule has 1 rings (SSSR count). The quantitative estimate of drug-likeness (QED) is 0.718. The Morgan fingerprint density at radius 2 is 2.29 bits per heavy atom. The summed E-state index contributed by atoms with van der Waals surface area (Å²) in [4.78, 5) is 13.2. The Morgan fingerprint density at radius 3 is 2.82 bits per heavy atom. The molecule has 0 aromatic carbocycles. The molecule has 0 saturated heterocycles. The SMILES string of the molecule is Cc1nnc(SCC(=O)N(C)CCC#N)n1C. The zero-order valence-electron chi connectivity index (χ0n) is 10.2. The zero-order valence-corrected chi connectivity index (χ0v) is 11.0. The highest BCUT2D eigenvalue weighted by Gasteiger charge is 2.12. The van der Waals surface area contributed by atoms with E-state index < -0.39 is 0 Å². The van der Waals surface area contributed by atoms with Crippen molar-refractivity contribution in [2.45, 2.75) is 18.5 Å². The topological polar surface area (TPSA) is 74.8 Å². The summed E-state index contributed by atoms with van der Waals surface area (Å²) in [6.45, 7) is 2.33. The summed E-state index contributed by atoms with van der Waals surface area (Å²) in [6.07, 6.45) is 0.357. The van der Waals surface area contributed by atoms with E-state index in [0.29, 0.717) is 18.7 Å². The van der Waals surface area contributed by atoms with Crippen LogP contribution in [0.15, 0.2) is 5.16 Å². The number of hydrogen-bond donors (Lipinski definition) is 0. The van der Waals surface area contributed by atoms with Gasteiger partial charge in [0.05, 0.1) is 18.2 Å². The van der Waals surface area contributed by atoms with Gasteiger partial charge in [0.15, 0.2) is 5.16 Å². The highest BCUT2D eigenvalue weighted by Crippen LogP contribution is 2.15. The molecule has 92 valence electrons. The predicted octanol–water partition coefficient (Wildman–Crippen LogP) is 0.588. The standard InChI is InChI=1S/C10H15N5OS/c1-8-12-13-10(15(8)3)17-7-9(16)14(2)6-4-5-11/h4,6-7H2,1-3H3. The average molecular weight is 253 g/mol. The van der Waals surface area contributed by atoms with Gasteiger partial charge in [0.1, 0.15) is 5.82 Å². The summed E-state index contributed by atoms with van der Waals surface area (Å²) in [5.41, 5.74) is 0. The van der Waals surface area contributed by atoms with Gasteiger partial charge in [-0.15, -0.1) is 10.2 Å². The van der Waals surface area contributed by atoms with Gasteiger partial charge in [0.2, 0.25) is 5.91 Å². The van der Waals surface area contributed by atoms with Crippen molar-refractivity contribution in [2.24, 2.45) is 7.05 Å². The minimum atomic E-state index is -0.00842. The van der Waals surface area contributed by atoms with Crippen molar-refractivity contribution in [2.75, 3.05) is 19.3 Å². The lowest BCUT2D eigenvalue weighted by Crippen LogP contribution is -2.29. The van der Waals surface area contributed by atoms with E-state index in [0.717, 1.165) is 11.0 Å². The molecule has 1 aromatic rings. The van der Waals surface area contributed by atoms with Gasteiger partial charge < -0.3 is 9.47 Å². The smallest absolute Gasteiger partial charge is 0.232 e. The minimum absolute atomic E-state index is 0.00842. The largest absolute Gasteiger partial charge is 0.344 e. The van der Waals surface area contributed by atoms with Gasteiger partial charge in [-0.1, -0.05) is 11.8 Å². The second-order valence-corrected chi connectivity index (χ2v) is 4.54. The second kappa shape index (κ2) is 6.25. The first-order valence-electron chi connectivity index (χ1n) is 5.16. The van der Waals surface area contributed by atoms with Gasteiger partial charge in [-0.3, -0.25) is 4.79 Å². The number of thioether (sulfide) groups is 1. The Balaban J connectivity index is 2.43. The molecule has 0 aliphatic heterocycles. The van der Waals surface area contributed by atoms with Crippen molar-refractivity contribution in [3.8, 4) is 6.07 Å². The number of aromatic nitrogens is 3. The normalized spacial score (nSPS) is 10.0. The van der Waals surface area contributed by atoms with E-state index in [-0.39, 0.29) is 5.91 Å². The molecule has 0 N–H and O–H groups in total. The van der Waals surface area contributed by atoms with Gasteiger partial charge in [-0.2, -0.15) is 5.26 Å². The molecule has 17 heavy (non-hydrogen) atoms. The van der Waals surface area contributed by atoms with Crippen molar-refractivity contribution in [3.05, 3.63) is 5.82 Å². The Bertz CT molecular complexity index is 436. The van der Waals surface area contributed by atoms with E-state index in [1.165, 1.54) is 11.8 Å². The zero-order chi connectivity index (χ0) is 12.8. The summed E-state index contributed by atoms with van der Waals surface area (Å²) >= 11 is 1.35. The number of nitrogens with zero attached hydrogens (tertiary/aromatic N) is 5. The lowest BCUT2D eigenvalue weighted by molar-refractivity contribution is -0.127. The van der Waals surface area contributed by atoms with Gasteiger partial charge >= 0.3 is 0 Å². The molecule has 0 fully saturated rings. The lowest BCUT2D eigenvalue weighted by atomic mass is 10.4. The number of nitriles is 1. The number of aryl methyl sites for hydroxylation is 1. The first-order valence-corrected chi connectivity index (χ1v) is 6.14. The van der Waals surface area contributed by atoms with Crippen LogP contribution in [0.3, 0.4) is 0 Å². The molecule has 7 heteroatoms. The second-order valence-electron chi connectivity index (χ2n) is 3.60. The lowest BCUT2D eigenvalue weighted by Gasteiger charge is -2.14. The maximum atomic E-state index is 11.7. The van der Waals surface area contributed by atoms with Crippen LogP contribution in [0.25, 0.3) is 0 Å². The van der Waals surface area contributed by atoms with Crippen molar-refractivity contribution in [1.29, 1.82) is 5.26 Å². The molecule has 0 atom stereocenters. The number of rotatable bonds is 5. The molecule has 0 aliphatic carbocycles. The van der Waals surface area contributed by atoms with Crippen molar-refractivity contribution >= 4 is 17.7 Å². The molecule has 1 amide bonds. The predicted molar refractivity (Wildman–Crippen MR) is 64.3 cm³/mol.